The molecular formula is C23H33N4O8P. The number of Topliss-reactive ketones (excluding diaryl/α,β-unsaturated/α-hetero) is 1. The molecule has 0 fully saturated rings. The average Bonchev–Trinajstić information content (AvgIpc) is 3.11. The van der Waals surface area contributed by atoms with E-state index < -0.39 is 20.1 Å². The van der Waals surface area contributed by atoms with E-state index in [0.29, 0.717) is 12.0 Å². The number of carboxylic acid groups (broad SMARTS) is 1. The molecular weight excluding hydrogens is 491 g/mol. The summed E-state index contributed by atoms with van der Waals surface area (Å²) in [6.07, 6.45) is 9.40. The van der Waals surface area contributed by atoms with E-state index in [9.17, 15) is 14.7 Å². The molecule has 3 N–H and O–H groups in total. The van der Waals surface area contributed by atoms with Crippen LogP contribution in [0.2, 0.25) is 0 Å². The lowest BCUT2D eigenvalue weighted by molar-refractivity contribution is -0.244. The second-order valence-electron chi connectivity index (χ2n) is 8.25. The van der Waals surface area contributed by atoms with Gasteiger partial charge in [-0.15, -0.1) is 0 Å². The molecule has 0 aromatic carbocycles. The van der Waals surface area contributed by atoms with Crippen molar-refractivity contribution < 1.29 is 40.2 Å². The maximum Gasteiger partial charge on any atom is 0.521 e. The zero-order valence-corrected chi connectivity index (χ0v) is 21.0. The molecule has 1 aliphatic rings. The maximum absolute atomic E-state index is 12.5. The first-order valence-electron chi connectivity index (χ1n) is 11.6. The summed E-state index contributed by atoms with van der Waals surface area (Å²) in [5, 5.41) is 19.7. The van der Waals surface area contributed by atoms with E-state index in [4.69, 9.17) is 24.4 Å². The molecule has 0 bridgehead atoms. The van der Waals surface area contributed by atoms with Crippen molar-refractivity contribution in [1.82, 2.24) is 15.0 Å². The lowest BCUT2D eigenvalue weighted by atomic mass is 9.91. The number of carbonyl (C=O) groups excluding carboxylic acids is 1. The van der Waals surface area contributed by atoms with Crippen LogP contribution < -0.4 is 14.9 Å². The second-order valence-corrected chi connectivity index (χ2v) is 8.86. The monoisotopic (exact) mass is 524 g/mol. The van der Waals surface area contributed by atoms with E-state index in [1.807, 2.05) is 0 Å². The Balaban J connectivity index is 0.00000104. The van der Waals surface area contributed by atoms with Gasteiger partial charge in [0.05, 0.1) is 13.5 Å². The quantitative estimate of drug-likeness (QED) is 0.159. The van der Waals surface area contributed by atoms with Crippen molar-refractivity contribution in [1.29, 1.82) is 0 Å². The Morgan fingerprint density at radius 2 is 1.94 bits per heavy atom. The van der Waals surface area contributed by atoms with Crippen LogP contribution in [0, 0.1) is 0 Å². The largest absolute Gasteiger partial charge is 0.565 e. The number of nitrogens with one attached hydrogen (secondary N) is 1. The van der Waals surface area contributed by atoms with Gasteiger partial charge in [0.1, 0.15) is 11.6 Å². The Hall–Kier alpha value is -3.05. The van der Waals surface area contributed by atoms with Gasteiger partial charge >= 0.3 is 20.2 Å². The number of fused-ring (bicyclic) bond motifs is 1. The highest BCUT2D eigenvalue weighted by molar-refractivity contribution is 7.30. The second kappa shape index (κ2) is 15.8. The number of methoxy groups -OCH3 is 1. The van der Waals surface area contributed by atoms with Crippen LogP contribution in [-0.2, 0) is 31.7 Å². The van der Waals surface area contributed by atoms with Crippen LogP contribution in [-0.4, -0.2) is 50.7 Å². The number of unbranched alkanes of at least 4 members (excludes halogenated alkanes) is 1. The van der Waals surface area contributed by atoms with Gasteiger partial charge in [-0.05, 0) is 60.3 Å². The number of carboxylic acids is 1. The molecule has 2 aromatic heterocycles. The standard InChI is InChI=1S/C23H30N4O4.HO4P.H2/c1-31-23-25-14-18(15-26-23)17(13-21(29)30)12-20(28)8-3-2-7-19-10-9-16-6-4-5-11-24-22(16)27-19;1-4-5(2)3;/h9-10,14-15,17H,2-8,11-13H2,1H3,(H,24,27)(H,29,30);1H;1H. The number of hydrogen-bond donors (Lipinski definition) is 3. The van der Waals surface area contributed by atoms with Crippen LogP contribution in [0.15, 0.2) is 24.5 Å². The molecule has 0 spiro atoms. The topological polar surface area (TPSA) is 184 Å². The van der Waals surface area contributed by atoms with Crippen LogP contribution in [0.4, 0.5) is 5.82 Å². The normalized spacial score (nSPS) is 13.7. The number of anilines is 1. The van der Waals surface area contributed by atoms with E-state index in [2.05, 4.69) is 32.1 Å². The Morgan fingerprint density at radius 1 is 1.22 bits per heavy atom. The van der Waals surface area contributed by atoms with Crippen LogP contribution in [0.3, 0.4) is 0 Å². The van der Waals surface area contributed by atoms with E-state index >= 15 is 0 Å². The van der Waals surface area contributed by atoms with Gasteiger partial charge in [0, 0.05) is 49.5 Å². The van der Waals surface area contributed by atoms with E-state index in [1.54, 1.807) is 0 Å². The van der Waals surface area contributed by atoms with Crippen LogP contribution in [0.1, 0.15) is 69.1 Å². The highest BCUT2D eigenvalue weighted by atomic mass is 31.1. The number of aliphatic carboxylic acids is 1. The number of rotatable bonds is 12. The third-order valence-electron chi connectivity index (χ3n) is 5.60. The van der Waals surface area contributed by atoms with Gasteiger partial charge in [0.15, 0.2) is 0 Å². The third kappa shape index (κ3) is 10.7. The van der Waals surface area contributed by atoms with Gasteiger partial charge in [-0.2, -0.15) is 0 Å². The van der Waals surface area contributed by atoms with Crippen molar-refractivity contribution in [2.24, 2.45) is 0 Å². The van der Waals surface area contributed by atoms with Gasteiger partial charge in [0.2, 0.25) is 0 Å². The van der Waals surface area contributed by atoms with Crippen molar-refractivity contribution in [3.63, 3.8) is 0 Å². The van der Waals surface area contributed by atoms with Gasteiger partial charge < -0.3 is 20.1 Å². The predicted octanol–water partition coefficient (Wildman–Crippen LogP) is 3.30. The number of pyridine rings is 1. The van der Waals surface area contributed by atoms with Crippen molar-refractivity contribution >= 4 is 25.8 Å². The molecule has 12 nitrogen and oxygen atoms in total. The van der Waals surface area contributed by atoms with Gasteiger partial charge in [-0.3, -0.25) is 9.59 Å². The summed E-state index contributed by atoms with van der Waals surface area (Å²) in [5.74, 6) is -0.326. The van der Waals surface area contributed by atoms with Gasteiger partial charge in [-0.25, -0.2) is 20.2 Å². The molecule has 0 amide bonds. The SMILES string of the molecule is COc1ncc(C(CC(=O)O)CC(=O)CCCCc2ccc3c(n2)NCCCC3)cn1.O=[P+]([O-])OO.[HH]. The van der Waals surface area contributed by atoms with Gasteiger partial charge in [0.25, 0.3) is 0 Å². The number of ketones is 1. The first kappa shape index (κ1) is 29.2. The molecule has 2 aromatic rings. The minimum absolute atomic E-state index is 0. The molecule has 3 heterocycles. The molecule has 13 heteroatoms. The number of aryl methyl sites for hydroxylation is 2. The smallest absolute Gasteiger partial charge is 0.521 e. The zero-order valence-electron chi connectivity index (χ0n) is 20.1. The first-order valence-corrected chi connectivity index (χ1v) is 12.7. The molecule has 36 heavy (non-hydrogen) atoms. The summed E-state index contributed by atoms with van der Waals surface area (Å²) < 4.78 is 16.6. The molecule has 0 saturated carbocycles. The fourth-order valence-electron chi connectivity index (χ4n) is 3.84. The molecule has 198 valence electrons. The van der Waals surface area contributed by atoms with E-state index in [1.165, 1.54) is 37.9 Å². The first-order chi connectivity index (χ1) is 17.3. The molecule has 0 saturated heterocycles. The minimum Gasteiger partial charge on any atom is -0.565 e. The Morgan fingerprint density at radius 3 is 2.58 bits per heavy atom. The summed E-state index contributed by atoms with van der Waals surface area (Å²) >= 11 is 0. The molecule has 0 aliphatic carbocycles. The fraction of sp³-hybridized carbons (Fsp3) is 0.522. The van der Waals surface area contributed by atoms with Crippen molar-refractivity contribution in [2.45, 2.75) is 63.7 Å². The number of aromatic nitrogens is 3. The molecule has 1 aliphatic heterocycles. The van der Waals surface area contributed by atoms with Gasteiger partial charge in [-0.1, -0.05) is 6.07 Å². The van der Waals surface area contributed by atoms with Crippen LogP contribution in [0.25, 0.3) is 0 Å². The predicted molar refractivity (Wildman–Crippen MR) is 130 cm³/mol. The van der Waals surface area contributed by atoms with Crippen molar-refractivity contribution in [2.75, 3.05) is 19.0 Å². The molecule has 2 atom stereocenters. The maximum atomic E-state index is 12.5. The van der Waals surface area contributed by atoms with Crippen LogP contribution in [0.5, 0.6) is 6.01 Å². The zero-order chi connectivity index (χ0) is 26.3. The third-order valence-corrected chi connectivity index (χ3v) is 5.74. The van der Waals surface area contributed by atoms with Crippen molar-refractivity contribution in [3.8, 4) is 6.01 Å². The molecule has 3 rings (SSSR count). The molecule has 2 unspecified atom stereocenters. The van der Waals surface area contributed by atoms with Crippen molar-refractivity contribution in [3.05, 3.63) is 41.3 Å². The summed E-state index contributed by atoms with van der Waals surface area (Å²) in [5.41, 5.74) is 2.96. The summed E-state index contributed by atoms with van der Waals surface area (Å²) in [6, 6.07) is 4.46. The average molecular weight is 525 g/mol. The Kier molecular flexibility index (Phi) is 12.8. The van der Waals surface area contributed by atoms with E-state index in [-0.39, 0.29) is 26.1 Å². The number of nitrogens with zero attached hydrogens (tertiary/aromatic N) is 3. The van der Waals surface area contributed by atoms with E-state index in [0.717, 1.165) is 43.7 Å². The molecule has 0 radical (unpaired) electrons. The number of carbonyl (C=O) groups is 2. The number of ether oxygens (including phenoxy) is 1. The minimum atomic E-state index is -3.04. The summed E-state index contributed by atoms with van der Waals surface area (Å²) in [6.45, 7) is 0.967. The Labute approximate surface area is 211 Å². The van der Waals surface area contributed by atoms with Crippen LogP contribution >= 0.6 is 8.25 Å². The lowest BCUT2D eigenvalue weighted by Gasteiger charge is -2.14. The lowest BCUT2D eigenvalue weighted by Crippen LogP contribution is -2.12. The fourth-order valence-corrected chi connectivity index (χ4v) is 3.84. The highest BCUT2D eigenvalue weighted by Gasteiger charge is 2.20. The Bertz CT molecular complexity index is 1010. The highest BCUT2D eigenvalue weighted by Crippen LogP contribution is 2.25. The summed E-state index contributed by atoms with van der Waals surface area (Å²) in [7, 11) is -1.58. The number of hydrogen-bond acceptors (Lipinski definition) is 11. The summed E-state index contributed by atoms with van der Waals surface area (Å²) in [4.78, 5) is 45.5.